The van der Waals surface area contributed by atoms with Crippen LogP contribution in [0.1, 0.15) is 60.8 Å². The molecule has 12 atom stereocenters. The molecule has 9 nitrogen and oxygen atoms in total. The third-order valence-corrected chi connectivity index (χ3v) is 10.1. The molecule has 2 fully saturated rings. The predicted molar refractivity (Wildman–Crippen MR) is 154 cm³/mol. The molecule has 1 heterocycles. The Morgan fingerprint density at radius 1 is 1.07 bits per heavy atom. The van der Waals surface area contributed by atoms with E-state index in [-0.39, 0.29) is 30.3 Å². The maximum atomic E-state index is 12.0. The van der Waals surface area contributed by atoms with Gasteiger partial charge in [0.05, 0.1) is 31.0 Å². The zero-order chi connectivity index (χ0) is 30.4. The van der Waals surface area contributed by atoms with Crippen molar-refractivity contribution in [2.75, 3.05) is 20.3 Å². The van der Waals surface area contributed by atoms with Crippen LogP contribution in [0.25, 0.3) is 0 Å². The summed E-state index contributed by atoms with van der Waals surface area (Å²) in [5, 5.41) is 56.0. The quantitative estimate of drug-likeness (QED) is 0.261. The third kappa shape index (κ3) is 6.12. The van der Waals surface area contributed by atoms with Crippen molar-refractivity contribution in [3.8, 4) is 0 Å². The van der Waals surface area contributed by atoms with Crippen molar-refractivity contribution >= 4 is 0 Å². The van der Waals surface area contributed by atoms with E-state index in [9.17, 15) is 25.5 Å². The number of fused-ring (bicyclic) bond motifs is 2. The van der Waals surface area contributed by atoms with Crippen molar-refractivity contribution in [2.24, 2.45) is 29.1 Å². The minimum absolute atomic E-state index is 0.0706. The largest absolute Gasteiger partial charge is 0.392 e. The lowest BCUT2D eigenvalue weighted by molar-refractivity contribution is -0.319. The first kappa shape index (κ1) is 32.8. The molecule has 0 spiro atoms. The fourth-order valence-electron chi connectivity index (χ4n) is 7.30. The summed E-state index contributed by atoms with van der Waals surface area (Å²) >= 11 is 0. The first-order valence-electron chi connectivity index (χ1n) is 15.1. The van der Waals surface area contributed by atoms with Gasteiger partial charge in [-0.1, -0.05) is 44.1 Å². The number of rotatable bonds is 9. The van der Waals surface area contributed by atoms with Gasteiger partial charge in [0.25, 0.3) is 0 Å². The van der Waals surface area contributed by atoms with E-state index >= 15 is 0 Å². The monoisotopic (exact) mass is 580 g/mol. The van der Waals surface area contributed by atoms with Gasteiger partial charge in [-0.2, -0.15) is 0 Å². The fraction of sp³-hybridized carbons (Fsp3) is 0.812. The molecule has 8 unspecified atom stereocenters. The molecule has 41 heavy (non-hydrogen) atoms. The average Bonchev–Trinajstić information content (AvgIpc) is 3.42. The van der Waals surface area contributed by atoms with E-state index in [1.807, 2.05) is 27.7 Å². The van der Waals surface area contributed by atoms with Crippen molar-refractivity contribution in [1.82, 2.24) is 0 Å². The Hall–Kier alpha value is -1.14. The second kappa shape index (κ2) is 12.5. The van der Waals surface area contributed by atoms with E-state index < -0.39 is 60.0 Å². The second-order valence-corrected chi connectivity index (χ2v) is 13.6. The van der Waals surface area contributed by atoms with Gasteiger partial charge in [0, 0.05) is 18.4 Å². The molecule has 3 aliphatic carbocycles. The highest BCUT2D eigenvalue weighted by molar-refractivity contribution is 5.43. The van der Waals surface area contributed by atoms with E-state index in [1.165, 1.54) is 5.57 Å². The summed E-state index contributed by atoms with van der Waals surface area (Å²) in [5.41, 5.74) is 1.51. The number of ether oxygens (including phenoxy) is 4. The minimum Gasteiger partial charge on any atom is -0.392 e. The van der Waals surface area contributed by atoms with E-state index in [0.717, 1.165) is 24.0 Å². The van der Waals surface area contributed by atoms with Crippen molar-refractivity contribution in [1.29, 1.82) is 0 Å². The van der Waals surface area contributed by atoms with Gasteiger partial charge in [0.1, 0.15) is 30.5 Å². The van der Waals surface area contributed by atoms with Crippen LogP contribution < -0.4 is 0 Å². The summed E-state index contributed by atoms with van der Waals surface area (Å²) in [6, 6.07) is 0. The zero-order valence-electron chi connectivity index (χ0n) is 25.7. The van der Waals surface area contributed by atoms with Gasteiger partial charge in [-0.15, -0.1) is 6.58 Å². The first-order chi connectivity index (χ1) is 19.2. The number of hydrogen-bond donors (Lipinski definition) is 5. The molecule has 234 valence electrons. The highest BCUT2D eigenvalue weighted by Crippen LogP contribution is 2.55. The summed E-state index contributed by atoms with van der Waals surface area (Å²) in [6.45, 7) is 16.0. The summed E-state index contributed by atoms with van der Waals surface area (Å²) < 4.78 is 24.0. The number of methoxy groups -OCH3 is 1. The fourth-order valence-corrected chi connectivity index (χ4v) is 7.30. The molecule has 1 saturated carbocycles. The van der Waals surface area contributed by atoms with Crippen LogP contribution in [0.15, 0.2) is 35.5 Å². The molecule has 0 aromatic carbocycles. The van der Waals surface area contributed by atoms with Crippen LogP contribution in [-0.4, -0.2) is 100 Å². The van der Waals surface area contributed by atoms with Crippen LogP contribution >= 0.6 is 0 Å². The summed E-state index contributed by atoms with van der Waals surface area (Å²) in [4.78, 5) is 0. The Morgan fingerprint density at radius 3 is 2.37 bits per heavy atom. The number of aliphatic hydroxyl groups is 5. The number of hydrogen-bond acceptors (Lipinski definition) is 9. The molecule has 4 aliphatic rings. The van der Waals surface area contributed by atoms with Gasteiger partial charge in [0.2, 0.25) is 0 Å². The molecular formula is C32H52O9. The maximum absolute atomic E-state index is 12.0. The van der Waals surface area contributed by atoms with Crippen LogP contribution in [0.4, 0.5) is 0 Å². The summed E-state index contributed by atoms with van der Waals surface area (Å²) in [6.07, 6.45) is -3.38. The van der Waals surface area contributed by atoms with E-state index in [1.54, 1.807) is 13.2 Å². The third-order valence-electron chi connectivity index (χ3n) is 10.1. The highest BCUT2D eigenvalue weighted by atomic mass is 16.7. The van der Waals surface area contributed by atoms with Crippen LogP contribution in [-0.2, 0) is 18.9 Å². The van der Waals surface area contributed by atoms with E-state index in [0.29, 0.717) is 13.0 Å². The van der Waals surface area contributed by atoms with Crippen molar-refractivity contribution < 1.29 is 44.5 Å². The maximum Gasteiger partial charge on any atom is 0.187 e. The topological polar surface area (TPSA) is 138 Å². The standard InChI is InChI=1S/C32H52O9/c1-9-31(5,6)39-15-22-26(35)27(36)28(37)30(40-22)41-29-24-20(16(2)3)12-23(33)32(24,7)13-21-18(14-38-8)10-11-19(21)17(4)25(29)34/h9,13,16-19,22-23,25-30,33-37H,1,10-12,14-15H2,2-8H3/b21-13-/t17?,18-,19+,22?,23+,25?,26?,27?,28?,29-,30?,32?/m1/s1. The van der Waals surface area contributed by atoms with Crippen molar-refractivity contribution in [3.63, 3.8) is 0 Å². The SMILES string of the molecule is C=CC(C)(C)OCC1OC(O[C@@H]2C3=C(C(C)C)C[C@H](O)C3(C)/C=C3/[C@@H](COC)CC[C@H]3C(C)C2O)C(O)C(O)C1O. The van der Waals surface area contributed by atoms with Crippen LogP contribution in [0.2, 0.25) is 0 Å². The molecule has 1 saturated heterocycles. The summed E-state index contributed by atoms with van der Waals surface area (Å²) in [7, 11) is 1.70. The highest BCUT2D eigenvalue weighted by Gasteiger charge is 2.55. The van der Waals surface area contributed by atoms with Crippen LogP contribution in [0, 0.1) is 29.1 Å². The van der Waals surface area contributed by atoms with E-state index in [2.05, 4.69) is 26.5 Å². The van der Waals surface area contributed by atoms with E-state index in [4.69, 9.17) is 18.9 Å². The average molecular weight is 581 g/mol. The molecule has 0 amide bonds. The molecule has 0 bridgehead atoms. The van der Waals surface area contributed by atoms with Crippen LogP contribution in [0.5, 0.6) is 0 Å². The Bertz CT molecular complexity index is 1010. The minimum atomic E-state index is -1.56. The van der Waals surface area contributed by atoms with Gasteiger partial charge in [-0.3, -0.25) is 0 Å². The molecular weight excluding hydrogens is 528 g/mol. The smallest absolute Gasteiger partial charge is 0.187 e. The lowest BCUT2D eigenvalue weighted by Gasteiger charge is -2.46. The van der Waals surface area contributed by atoms with Gasteiger partial charge >= 0.3 is 0 Å². The summed E-state index contributed by atoms with van der Waals surface area (Å²) in [5.74, 6) is 0.178. The van der Waals surface area contributed by atoms with Gasteiger partial charge in [-0.05, 0) is 63.4 Å². The number of aliphatic hydroxyl groups excluding tert-OH is 5. The molecule has 0 radical (unpaired) electrons. The first-order valence-corrected chi connectivity index (χ1v) is 15.1. The van der Waals surface area contributed by atoms with Gasteiger partial charge < -0.3 is 44.5 Å². The Balaban J connectivity index is 1.74. The molecule has 5 N–H and O–H groups in total. The lowest BCUT2D eigenvalue weighted by atomic mass is 9.68. The Labute approximate surface area is 244 Å². The Morgan fingerprint density at radius 2 is 1.76 bits per heavy atom. The van der Waals surface area contributed by atoms with Crippen molar-refractivity contribution in [3.05, 3.63) is 35.5 Å². The molecule has 9 heteroatoms. The molecule has 0 aromatic heterocycles. The molecule has 4 rings (SSSR count). The Kier molecular flexibility index (Phi) is 9.96. The predicted octanol–water partition coefficient (Wildman–Crippen LogP) is 2.49. The molecule has 1 aliphatic heterocycles. The zero-order valence-corrected chi connectivity index (χ0v) is 25.7. The lowest BCUT2D eigenvalue weighted by Crippen LogP contribution is -2.61. The van der Waals surface area contributed by atoms with Crippen LogP contribution in [0.3, 0.4) is 0 Å². The van der Waals surface area contributed by atoms with Gasteiger partial charge in [0.15, 0.2) is 6.29 Å². The van der Waals surface area contributed by atoms with Gasteiger partial charge in [-0.25, -0.2) is 0 Å². The van der Waals surface area contributed by atoms with Crippen molar-refractivity contribution in [2.45, 2.75) is 115 Å². The molecule has 0 aromatic rings. The normalized spacial score (nSPS) is 44.7. The second-order valence-electron chi connectivity index (χ2n) is 13.6.